The predicted molar refractivity (Wildman–Crippen MR) is 58.9 cm³/mol. The summed E-state index contributed by atoms with van der Waals surface area (Å²) >= 11 is 0. The maximum absolute atomic E-state index is 11.7. The van der Waals surface area contributed by atoms with Crippen LogP contribution in [0.5, 0.6) is 5.75 Å². The van der Waals surface area contributed by atoms with Crippen LogP contribution in [-0.2, 0) is 10.8 Å². The zero-order valence-electron chi connectivity index (χ0n) is 8.40. The van der Waals surface area contributed by atoms with Gasteiger partial charge in [-0.2, -0.15) is 0 Å². The Morgan fingerprint density at radius 3 is 2.79 bits per heavy atom. The van der Waals surface area contributed by atoms with E-state index in [-0.39, 0.29) is 5.75 Å². The van der Waals surface area contributed by atoms with Gasteiger partial charge in [0.1, 0.15) is 5.75 Å². The minimum atomic E-state index is -0.955. The van der Waals surface area contributed by atoms with Crippen LogP contribution >= 0.6 is 0 Å². The van der Waals surface area contributed by atoms with E-state index in [1.165, 1.54) is 0 Å². The average Bonchev–Trinajstić information content (AvgIpc) is 2.18. The molecule has 0 unspecified atom stereocenters. The fourth-order valence-electron chi connectivity index (χ4n) is 1.23. The lowest BCUT2D eigenvalue weighted by Crippen LogP contribution is -1.97. The Kier molecular flexibility index (Phi) is 4.66. The molecule has 0 radical (unpaired) electrons. The summed E-state index contributed by atoms with van der Waals surface area (Å²) in [4.78, 5) is 0.723. The SMILES string of the molecule is CCCCC[S@](=O)c1cccc(O)c1. The molecule has 1 rings (SSSR count). The molecule has 3 heteroatoms. The lowest BCUT2D eigenvalue weighted by molar-refractivity contribution is 0.473. The van der Waals surface area contributed by atoms with Gasteiger partial charge < -0.3 is 5.11 Å². The van der Waals surface area contributed by atoms with Gasteiger partial charge in [-0.05, 0) is 24.6 Å². The Bertz CT molecular complexity index is 310. The first kappa shape index (κ1) is 11.2. The van der Waals surface area contributed by atoms with Crippen LogP contribution in [0.15, 0.2) is 29.2 Å². The fraction of sp³-hybridized carbons (Fsp3) is 0.455. The number of phenols is 1. The molecule has 0 heterocycles. The third kappa shape index (κ3) is 3.50. The molecule has 78 valence electrons. The fourth-order valence-corrected chi connectivity index (χ4v) is 2.41. The Hall–Kier alpha value is -0.830. The molecular weight excluding hydrogens is 196 g/mol. The van der Waals surface area contributed by atoms with Crippen molar-refractivity contribution in [2.24, 2.45) is 0 Å². The molecule has 0 fully saturated rings. The van der Waals surface area contributed by atoms with Crippen molar-refractivity contribution in [3.05, 3.63) is 24.3 Å². The molecular formula is C11H16O2S. The molecule has 0 amide bonds. The van der Waals surface area contributed by atoms with Gasteiger partial charge in [0.05, 0.1) is 10.8 Å². The highest BCUT2D eigenvalue weighted by Crippen LogP contribution is 2.15. The minimum absolute atomic E-state index is 0.186. The molecule has 1 aromatic carbocycles. The van der Waals surface area contributed by atoms with Gasteiger partial charge in [0.2, 0.25) is 0 Å². The van der Waals surface area contributed by atoms with Crippen LogP contribution in [0.1, 0.15) is 26.2 Å². The van der Waals surface area contributed by atoms with Crippen LogP contribution in [0.25, 0.3) is 0 Å². The number of benzene rings is 1. The van der Waals surface area contributed by atoms with Crippen molar-refractivity contribution in [1.82, 2.24) is 0 Å². The molecule has 0 aliphatic heterocycles. The minimum Gasteiger partial charge on any atom is -0.508 e. The van der Waals surface area contributed by atoms with Crippen molar-refractivity contribution in [2.45, 2.75) is 31.1 Å². The van der Waals surface area contributed by atoms with Crippen molar-refractivity contribution in [3.63, 3.8) is 0 Å². The first-order chi connectivity index (χ1) is 6.74. The Balaban J connectivity index is 2.52. The van der Waals surface area contributed by atoms with Gasteiger partial charge in [-0.15, -0.1) is 0 Å². The summed E-state index contributed by atoms with van der Waals surface area (Å²) in [6.07, 6.45) is 3.24. The second-order valence-electron chi connectivity index (χ2n) is 3.25. The van der Waals surface area contributed by atoms with Gasteiger partial charge in [0, 0.05) is 10.6 Å². The maximum Gasteiger partial charge on any atom is 0.116 e. The highest BCUT2D eigenvalue weighted by atomic mass is 32.2. The van der Waals surface area contributed by atoms with Gasteiger partial charge >= 0.3 is 0 Å². The maximum atomic E-state index is 11.7. The van der Waals surface area contributed by atoms with E-state index in [1.807, 2.05) is 0 Å². The quantitative estimate of drug-likeness (QED) is 0.762. The summed E-state index contributed by atoms with van der Waals surface area (Å²) < 4.78 is 11.7. The van der Waals surface area contributed by atoms with E-state index in [2.05, 4.69) is 6.92 Å². The zero-order valence-corrected chi connectivity index (χ0v) is 9.22. The van der Waals surface area contributed by atoms with Crippen LogP contribution in [0.3, 0.4) is 0 Å². The summed E-state index contributed by atoms with van der Waals surface area (Å²) in [6, 6.07) is 6.68. The van der Waals surface area contributed by atoms with Gasteiger partial charge in [-0.1, -0.05) is 25.8 Å². The summed E-state index contributed by atoms with van der Waals surface area (Å²) in [5.41, 5.74) is 0. The summed E-state index contributed by atoms with van der Waals surface area (Å²) in [6.45, 7) is 2.12. The molecule has 0 aliphatic rings. The van der Waals surface area contributed by atoms with Gasteiger partial charge in [0.25, 0.3) is 0 Å². The van der Waals surface area contributed by atoms with Crippen LogP contribution < -0.4 is 0 Å². The normalized spacial score (nSPS) is 12.6. The van der Waals surface area contributed by atoms with Crippen molar-refractivity contribution in [3.8, 4) is 5.75 Å². The Labute approximate surface area is 87.4 Å². The van der Waals surface area contributed by atoms with Crippen LogP contribution in [0.2, 0.25) is 0 Å². The highest BCUT2D eigenvalue weighted by Gasteiger charge is 2.03. The van der Waals surface area contributed by atoms with Crippen LogP contribution in [-0.4, -0.2) is 15.1 Å². The van der Waals surface area contributed by atoms with Crippen molar-refractivity contribution < 1.29 is 9.32 Å². The molecule has 0 saturated carbocycles. The molecule has 0 saturated heterocycles. The van der Waals surface area contributed by atoms with Gasteiger partial charge in [-0.25, -0.2) is 0 Å². The van der Waals surface area contributed by atoms with E-state index in [4.69, 9.17) is 0 Å². The van der Waals surface area contributed by atoms with E-state index < -0.39 is 10.8 Å². The molecule has 0 spiro atoms. The second kappa shape index (κ2) is 5.81. The second-order valence-corrected chi connectivity index (χ2v) is 4.82. The largest absolute Gasteiger partial charge is 0.508 e. The molecule has 0 aliphatic carbocycles. The Morgan fingerprint density at radius 1 is 1.36 bits per heavy atom. The number of aromatic hydroxyl groups is 1. The number of phenolic OH excluding ortho intramolecular Hbond substituents is 1. The lowest BCUT2D eigenvalue weighted by Gasteiger charge is -2.01. The van der Waals surface area contributed by atoms with Crippen molar-refractivity contribution in [2.75, 3.05) is 5.75 Å². The van der Waals surface area contributed by atoms with E-state index in [0.29, 0.717) is 5.75 Å². The third-order valence-electron chi connectivity index (χ3n) is 2.01. The van der Waals surface area contributed by atoms with Crippen LogP contribution in [0, 0.1) is 0 Å². The molecule has 0 aromatic heterocycles. The molecule has 14 heavy (non-hydrogen) atoms. The van der Waals surface area contributed by atoms with E-state index in [9.17, 15) is 9.32 Å². The molecule has 0 bridgehead atoms. The first-order valence-corrected chi connectivity index (χ1v) is 6.23. The zero-order chi connectivity index (χ0) is 10.4. The molecule has 1 N–H and O–H groups in total. The average molecular weight is 212 g/mol. The smallest absolute Gasteiger partial charge is 0.116 e. The number of unbranched alkanes of at least 4 members (excludes halogenated alkanes) is 2. The summed E-state index contributed by atoms with van der Waals surface area (Å²) in [5, 5.41) is 9.20. The van der Waals surface area contributed by atoms with Crippen molar-refractivity contribution in [1.29, 1.82) is 0 Å². The molecule has 2 nitrogen and oxygen atoms in total. The van der Waals surface area contributed by atoms with Gasteiger partial charge in [-0.3, -0.25) is 4.21 Å². The number of hydrogen-bond donors (Lipinski definition) is 1. The van der Waals surface area contributed by atoms with Crippen molar-refractivity contribution >= 4 is 10.8 Å². The van der Waals surface area contributed by atoms with E-state index in [0.717, 1.165) is 24.2 Å². The van der Waals surface area contributed by atoms with Gasteiger partial charge in [0.15, 0.2) is 0 Å². The van der Waals surface area contributed by atoms with E-state index in [1.54, 1.807) is 24.3 Å². The monoisotopic (exact) mass is 212 g/mol. The highest BCUT2D eigenvalue weighted by molar-refractivity contribution is 7.85. The van der Waals surface area contributed by atoms with Crippen LogP contribution in [0.4, 0.5) is 0 Å². The van der Waals surface area contributed by atoms with E-state index >= 15 is 0 Å². The first-order valence-electron chi connectivity index (χ1n) is 4.91. The standard InChI is InChI=1S/C11H16O2S/c1-2-3-4-8-14(13)11-7-5-6-10(12)9-11/h5-7,9,12H,2-4,8H2,1H3/t14-/m0/s1. The summed E-state index contributed by atoms with van der Waals surface area (Å²) in [5.74, 6) is 0.878. The third-order valence-corrected chi connectivity index (χ3v) is 3.45. The number of rotatable bonds is 5. The number of hydrogen-bond acceptors (Lipinski definition) is 2. The lowest BCUT2D eigenvalue weighted by atomic mass is 10.3. The summed E-state index contributed by atoms with van der Waals surface area (Å²) in [7, 11) is -0.955. The topological polar surface area (TPSA) is 37.3 Å². The molecule has 1 aromatic rings. The molecule has 1 atom stereocenters. The predicted octanol–water partition coefficient (Wildman–Crippen LogP) is 2.69. The Morgan fingerprint density at radius 2 is 2.14 bits per heavy atom.